The van der Waals surface area contributed by atoms with Crippen molar-refractivity contribution in [1.29, 1.82) is 0 Å². The van der Waals surface area contributed by atoms with Gasteiger partial charge < -0.3 is 15.3 Å². The summed E-state index contributed by atoms with van der Waals surface area (Å²) in [6.45, 7) is 0.928. The maximum atomic E-state index is 12.8. The van der Waals surface area contributed by atoms with Crippen molar-refractivity contribution >= 4 is 17.8 Å². The third kappa shape index (κ3) is 4.77. The zero-order valence-electron chi connectivity index (χ0n) is 12.6. The molecule has 0 aliphatic carbocycles. The van der Waals surface area contributed by atoms with E-state index in [-0.39, 0.29) is 31.3 Å². The minimum Gasteiger partial charge on any atom is -0.481 e. The van der Waals surface area contributed by atoms with Crippen molar-refractivity contribution in [3.8, 4) is 0 Å². The minimum atomic E-state index is -0.882. The molecule has 1 aromatic rings. The van der Waals surface area contributed by atoms with Crippen molar-refractivity contribution in [3.05, 3.63) is 35.6 Å². The number of piperidine rings is 1. The number of benzene rings is 1. The number of carbonyl (C=O) groups excluding carboxylic acids is 2. The molecular formula is C16H19FN2O4. The van der Waals surface area contributed by atoms with Crippen LogP contribution in [0.5, 0.6) is 0 Å². The zero-order chi connectivity index (χ0) is 16.8. The third-order valence-electron chi connectivity index (χ3n) is 3.85. The van der Waals surface area contributed by atoms with Gasteiger partial charge in [-0.05, 0) is 37.1 Å². The van der Waals surface area contributed by atoms with Crippen LogP contribution in [0.25, 0.3) is 0 Å². The summed E-state index contributed by atoms with van der Waals surface area (Å²) in [5.41, 5.74) is 0.322. The van der Waals surface area contributed by atoms with Crippen LogP contribution in [0.1, 0.15) is 29.6 Å². The first-order chi connectivity index (χ1) is 11.0. The van der Waals surface area contributed by atoms with Crippen LogP contribution in [0, 0.1) is 11.7 Å². The summed E-state index contributed by atoms with van der Waals surface area (Å²) >= 11 is 0. The molecule has 2 amide bonds. The van der Waals surface area contributed by atoms with Crippen molar-refractivity contribution in [2.45, 2.75) is 19.3 Å². The SMILES string of the molecule is O=C(NCCC(=O)N1CCCC(C(=O)O)C1)c1ccc(F)cc1. The fraction of sp³-hybridized carbons (Fsp3) is 0.438. The summed E-state index contributed by atoms with van der Waals surface area (Å²) in [5, 5.41) is 11.6. The monoisotopic (exact) mass is 322 g/mol. The number of carbonyl (C=O) groups is 3. The van der Waals surface area contributed by atoms with E-state index in [1.54, 1.807) is 0 Å². The van der Waals surface area contributed by atoms with Crippen LogP contribution in [0.15, 0.2) is 24.3 Å². The molecule has 1 aliphatic heterocycles. The van der Waals surface area contributed by atoms with E-state index in [1.807, 2.05) is 0 Å². The van der Waals surface area contributed by atoms with Crippen molar-refractivity contribution < 1.29 is 23.9 Å². The predicted molar refractivity (Wildman–Crippen MR) is 80.3 cm³/mol. The first-order valence-corrected chi connectivity index (χ1v) is 7.51. The van der Waals surface area contributed by atoms with Crippen molar-refractivity contribution in [3.63, 3.8) is 0 Å². The summed E-state index contributed by atoms with van der Waals surface area (Å²) in [6.07, 6.45) is 1.37. The summed E-state index contributed by atoms with van der Waals surface area (Å²) < 4.78 is 12.8. The van der Waals surface area contributed by atoms with Gasteiger partial charge in [-0.2, -0.15) is 0 Å². The highest BCUT2D eigenvalue weighted by Crippen LogP contribution is 2.17. The number of nitrogens with one attached hydrogen (secondary N) is 1. The zero-order valence-corrected chi connectivity index (χ0v) is 12.6. The molecule has 0 bridgehead atoms. The number of halogens is 1. The molecule has 124 valence electrons. The van der Waals surface area contributed by atoms with E-state index < -0.39 is 17.7 Å². The Labute approximate surface area is 133 Å². The molecular weight excluding hydrogens is 303 g/mol. The number of likely N-dealkylation sites (tertiary alicyclic amines) is 1. The van der Waals surface area contributed by atoms with E-state index in [0.29, 0.717) is 24.9 Å². The van der Waals surface area contributed by atoms with Crippen LogP contribution in [-0.2, 0) is 9.59 Å². The maximum absolute atomic E-state index is 12.8. The van der Waals surface area contributed by atoms with Crippen molar-refractivity contribution in [2.75, 3.05) is 19.6 Å². The third-order valence-corrected chi connectivity index (χ3v) is 3.85. The lowest BCUT2D eigenvalue weighted by Crippen LogP contribution is -2.43. The molecule has 2 N–H and O–H groups in total. The summed E-state index contributed by atoms with van der Waals surface area (Å²) in [7, 11) is 0. The quantitative estimate of drug-likeness (QED) is 0.855. The van der Waals surface area contributed by atoms with E-state index >= 15 is 0 Å². The fourth-order valence-corrected chi connectivity index (χ4v) is 2.55. The van der Waals surface area contributed by atoms with Crippen molar-refractivity contribution in [1.82, 2.24) is 10.2 Å². The van der Waals surface area contributed by atoms with Gasteiger partial charge in [0.1, 0.15) is 5.82 Å². The lowest BCUT2D eigenvalue weighted by Gasteiger charge is -2.30. The number of aliphatic carboxylic acids is 1. The molecule has 1 aliphatic rings. The second-order valence-electron chi connectivity index (χ2n) is 5.53. The molecule has 0 aromatic heterocycles. The molecule has 1 aromatic carbocycles. The van der Waals surface area contributed by atoms with E-state index in [1.165, 1.54) is 29.2 Å². The van der Waals surface area contributed by atoms with Gasteiger partial charge in [0.2, 0.25) is 5.91 Å². The van der Waals surface area contributed by atoms with E-state index in [4.69, 9.17) is 5.11 Å². The van der Waals surface area contributed by atoms with E-state index in [2.05, 4.69) is 5.32 Å². The van der Waals surface area contributed by atoms with Gasteiger partial charge in [0.05, 0.1) is 5.92 Å². The average molecular weight is 322 g/mol. The van der Waals surface area contributed by atoms with Crippen molar-refractivity contribution in [2.24, 2.45) is 5.92 Å². The number of carboxylic acid groups (broad SMARTS) is 1. The van der Waals surface area contributed by atoms with Gasteiger partial charge in [-0.1, -0.05) is 0 Å². The highest BCUT2D eigenvalue weighted by molar-refractivity contribution is 5.94. The van der Waals surface area contributed by atoms with Gasteiger partial charge in [0, 0.05) is 31.6 Å². The molecule has 1 heterocycles. The number of nitrogens with zero attached hydrogens (tertiary/aromatic N) is 1. The maximum Gasteiger partial charge on any atom is 0.308 e. The van der Waals surface area contributed by atoms with Crippen LogP contribution in [0.3, 0.4) is 0 Å². The van der Waals surface area contributed by atoms with Gasteiger partial charge in [-0.25, -0.2) is 4.39 Å². The molecule has 0 spiro atoms. The van der Waals surface area contributed by atoms with Gasteiger partial charge in [0.15, 0.2) is 0 Å². The molecule has 23 heavy (non-hydrogen) atoms. The van der Waals surface area contributed by atoms with Crippen LogP contribution in [-0.4, -0.2) is 47.4 Å². The van der Waals surface area contributed by atoms with E-state index in [0.717, 1.165) is 0 Å². The molecule has 1 fully saturated rings. The number of hydrogen-bond acceptors (Lipinski definition) is 3. The molecule has 6 nitrogen and oxygen atoms in total. The van der Waals surface area contributed by atoms with Gasteiger partial charge >= 0.3 is 5.97 Å². The first-order valence-electron chi connectivity index (χ1n) is 7.51. The van der Waals surface area contributed by atoms with Gasteiger partial charge in [-0.3, -0.25) is 14.4 Å². The Kier molecular flexibility index (Phi) is 5.67. The highest BCUT2D eigenvalue weighted by atomic mass is 19.1. The average Bonchev–Trinajstić information content (AvgIpc) is 2.55. The van der Waals surface area contributed by atoms with Gasteiger partial charge in [-0.15, -0.1) is 0 Å². The summed E-state index contributed by atoms with van der Waals surface area (Å²) in [6, 6.07) is 5.13. The normalized spacial score (nSPS) is 17.6. The standard InChI is InChI=1S/C16H19FN2O4/c17-13-5-3-11(4-6-13)15(21)18-8-7-14(20)19-9-1-2-12(10-19)16(22)23/h3-6,12H,1-2,7-10H2,(H,18,21)(H,22,23). The number of amides is 2. The van der Waals surface area contributed by atoms with E-state index in [9.17, 15) is 18.8 Å². The second-order valence-corrected chi connectivity index (χ2v) is 5.53. The van der Waals surface area contributed by atoms with Crippen LogP contribution < -0.4 is 5.32 Å². The lowest BCUT2D eigenvalue weighted by atomic mass is 9.98. The Bertz CT molecular complexity index is 588. The Morgan fingerprint density at radius 1 is 1.26 bits per heavy atom. The molecule has 0 radical (unpaired) electrons. The molecule has 1 atom stereocenters. The Hall–Kier alpha value is -2.44. The molecule has 2 rings (SSSR count). The van der Waals surface area contributed by atoms with Gasteiger partial charge in [0.25, 0.3) is 5.91 Å². The largest absolute Gasteiger partial charge is 0.481 e. The Balaban J connectivity index is 1.77. The Morgan fingerprint density at radius 2 is 1.96 bits per heavy atom. The highest BCUT2D eigenvalue weighted by Gasteiger charge is 2.27. The molecule has 1 unspecified atom stereocenters. The smallest absolute Gasteiger partial charge is 0.308 e. The van der Waals surface area contributed by atoms with Crippen LogP contribution in [0.4, 0.5) is 4.39 Å². The first kappa shape index (κ1) is 16.9. The number of carboxylic acids is 1. The number of rotatable bonds is 5. The summed E-state index contributed by atoms with van der Waals surface area (Å²) in [4.78, 5) is 36.4. The minimum absolute atomic E-state index is 0.110. The summed E-state index contributed by atoms with van der Waals surface area (Å²) in [5.74, 6) is -2.36. The molecule has 7 heteroatoms. The lowest BCUT2D eigenvalue weighted by molar-refractivity contribution is -0.145. The fourth-order valence-electron chi connectivity index (χ4n) is 2.55. The topological polar surface area (TPSA) is 86.7 Å². The molecule has 0 saturated carbocycles. The number of hydrogen-bond donors (Lipinski definition) is 2. The Morgan fingerprint density at radius 3 is 2.61 bits per heavy atom. The van der Waals surface area contributed by atoms with Crippen LogP contribution >= 0.6 is 0 Å². The van der Waals surface area contributed by atoms with Crippen LogP contribution in [0.2, 0.25) is 0 Å². The second kappa shape index (κ2) is 7.71. The predicted octanol–water partition coefficient (Wildman–Crippen LogP) is 1.27. The molecule has 1 saturated heterocycles.